The first-order chi connectivity index (χ1) is 8.15. The van der Waals surface area contributed by atoms with Crippen LogP contribution in [0.25, 0.3) is 0 Å². The molecular weight excluding hydrogens is 241 g/mol. The van der Waals surface area contributed by atoms with Gasteiger partial charge in [-0.05, 0) is 37.5 Å². The van der Waals surface area contributed by atoms with Crippen molar-refractivity contribution < 1.29 is 9.13 Å². The van der Waals surface area contributed by atoms with Crippen LogP contribution in [0.5, 0.6) is 0 Å². The van der Waals surface area contributed by atoms with Crippen LogP contribution in [0, 0.1) is 5.82 Å². The molecule has 2 unspecified atom stereocenters. The van der Waals surface area contributed by atoms with Crippen LogP contribution >= 0.6 is 11.6 Å². The Morgan fingerprint density at radius 3 is 3.06 bits per heavy atom. The quantitative estimate of drug-likeness (QED) is 0.898. The smallest absolute Gasteiger partial charge is 0.142 e. The number of nitrogens with one attached hydrogen (secondary N) is 1. The lowest BCUT2D eigenvalue weighted by atomic mass is 10.0. The second-order valence-electron chi connectivity index (χ2n) is 4.53. The number of benzene rings is 1. The van der Waals surface area contributed by atoms with Crippen LogP contribution in [-0.2, 0) is 11.3 Å². The molecule has 2 nitrogen and oxygen atoms in total. The standard InChI is InChI=1S/C13H17ClFNO/c1-9-6-11(4-5-17-9)16-8-10-2-3-12(14)13(15)7-10/h2-3,7,9,11,16H,4-6,8H2,1H3. The highest BCUT2D eigenvalue weighted by Gasteiger charge is 2.18. The monoisotopic (exact) mass is 257 g/mol. The minimum Gasteiger partial charge on any atom is -0.378 e. The predicted octanol–water partition coefficient (Wildman–Crippen LogP) is 3.14. The van der Waals surface area contributed by atoms with Gasteiger partial charge in [-0.1, -0.05) is 17.7 Å². The second-order valence-corrected chi connectivity index (χ2v) is 4.94. The summed E-state index contributed by atoms with van der Waals surface area (Å²) in [4.78, 5) is 0. The first-order valence-corrected chi connectivity index (χ1v) is 6.32. The molecule has 1 aromatic carbocycles. The molecule has 0 radical (unpaired) electrons. The van der Waals surface area contributed by atoms with Crippen LogP contribution in [0.2, 0.25) is 5.02 Å². The highest BCUT2D eigenvalue weighted by atomic mass is 35.5. The third kappa shape index (κ3) is 3.66. The Balaban J connectivity index is 1.86. The topological polar surface area (TPSA) is 21.3 Å². The molecule has 94 valence electrons. The summed E-state index contributed by atoms with van der Waals surface area (Å²) < 4.78 is 18.7. The minimum atomic E-state index is -0.355. The highest BCUT2D eigenvalue weighted by Crippen LogP contribution is 2.17. The summed E-state index contributed by atoms with van der Waals surface area (Å²) in [5, 5.41) is 3.60. The van der Waals surface area contributed by atoms with Gasteiger partial charge in [0.25, 0.3) is 0 Å². The van der Waals surface area contributed by atoms with Crippen molar-refractivity contribution in [3.63, 3.8) is 0 Å². The van der Waals surface area contributed by atoms with Gasteiger partial charge in [0.05, 0.1) is 11.1 Å². The molecule has 1 aliphatic heterocycles. The fourth-order valence-corrected chi connectivity index (χ4v) is 2.21. The predicted molar refractivity (Wildman–Crippen MR) is 66.7 cm³/mol. The van der Waals surface area contributed by atoms with E-state index < -0.39 is 0 Å². The Bertz CT molecular complexity index is 386. The van der Waals surface area contributed by atoms with Crippen LogP contribution in [-0.4, -0.2) is 18.8 Å². The zero-order valence-corrected chi connectivity index (χ0v) is 10.6. The molecule has 4 heteroatoms. The molecular formula is C13H17ClFNO. The normalized spacial score (nSPS) is 24.9. The first kappa shape index (κ1) is 12.8. The average molecular weight is 258 g/mol. The lowest BCUT2D eigenvalue weighted by molar-refractivity contribution is 0.0130. The van der Waals surface area contributed by atoms with Crippen molar-refractivity contribution >= 4 is 11.6 Å². The highest BCUT2D eigenvalue weighted by molar-refractivity contribution is 6.30. The SMILES string of the molecule is CC1CC(NCc2ccc(Cl)c(F)c2)CCO1. The van der Waals surface area contributed by atoms with Crippen LogP contribution in [0.4, 0.5) is 4.39 Å². The fraction of sp³-hybridized carbons (Fsp3) is 0.538. The maximum atomic E-state index is 13.2. The summed E-state index contributed by atoms with van der Waals surface area (Å²) in [5.74, 6) is -0.355. The van der Waals surface area contributed by atoms with E-state index in [0.29, 0.717) is 18.7 Å². The van der Waals surface area contributed by atoms with Gasteiger partial charge in [-0.2, -0.15) is 0 Å². The zero-order valence-electron chi connectivity index (χ0n) is 9.88. The van der Waals surface area contributed by atoms with E-state index in [1.165, 1.54) is 6.07 Å². The van der Waals surface area contributed by atoms with Gasteiger partial charge in [0.2, 0.25) is 0 Å². The summed E-state index contributed by atoms with van der Waals surface area (Å²) in [6, 6.07) is 5.39. The molecule has 0 amide bonds. The van der Waals surface area contributed by atoms with Gasteiger partial charge in [-0.15, -0.1) is 0 Å². The molecule has 1 aliphatic rings. The Morgan fingerprint density at radius 1 is 1.53 bits per heavy atom. The van der Waals surface area contributed by atoms with Gasteiger partial charge >= 0.3 is 0 Å². The lowest BCUT2D eigenvalue weighted by Crippen LogP contribution is -2.37. The molecule has 0 saturated carbocycles. The maximum Gasteiger partial charge on any atom is 0.142 e. The number of rotatable bonds is 3. The summed E-state index contributed by atoms with van der Waals surface area (Å²) in [6.07, 6.45) is 2.33. The van der Waals surface area contributed by atoms with Crippen molar-refractivity contribution in [3.8, 4) is 0 Å². The Hall–Kier alpha value is -0.640. The molecule has 1 heterocycles. The molecule has 0 bridgehead atoms. The zero-order chi connectivity index (χ0) is 12.3. The van der Waals surface area contributed by atoms with Crippen molar-refractivity contribution in [3.05, 3.63) is 34.6 Å². The third-order valence-electron chi connectivity index (χ3n) is 3.06. The summed E-state index contributed by atoms with van der Waals surface area (Å²) >= 11 is 5.64. The molecule has 0 spiro atoms. The fourth-order valence-electron chi connectivity index (χ4n) is 2.10. The lowest BCUT2D eigenvalue weighted by Gasteiger charge is -2.28. The number of hydrogen-bond donors (Lipinski definition) is 1. The molecule has 0 aromatic heterocycles. The van der Waals surface area contributed by atoms with Crippen molar-refractivity contribution in [2.24, 2.45) is 0 Å². The Morgan fingerprint density at radius 2 is 2.35 bits per heavy atom. The molecule has 1 N–H and O–H groups in total. The van der Waals surface area contributed by atoms with Crippen LogP contribution in [0.3, 0.4) is 0 Å². The Labute approximate surface area is 106 Å². The maximum absolute atomic E-state index is 13.2. The summed E-state index contributed by atoms with van der Waals surface area (Å²) in [5.41, 5.74) is 0.922. The van der Waals surface area contributed by atoms with E-state index in [0.717, 1.165) is 25.0 Å². The van der Waals surface area contributed by atoms with E-state index in [4.69, 9.17) is 16.3 Å². The van der Waals surface area contributed by atoms with Crippen LogP contribution in [0.15, 0.2) is 18.2 Å². The first-order valence-electron chi connectivity index (χ1n) is 5.94. The van der Waals surface area contributed by atoms with E-state index >= 15 is 0 Å². The van der Waals surface area contributed by atoms with Gasteiger partial charge in [0, 0.05) is 19.2 Å². The Kier molecular flexibility index (Phi) is 4.37. The van der Waals surface area contributed by atoms with E-state index in [1.807, 2.05) is 6.07 Å². The third-order valence-corrected chi connectivity index (χ3v) is 3.37. The molecule has 0 aliphatic carbocycles. The molecule has 17 heavy (non-hydrogen) atoms. The van der Waals surface area contributed by atoms with Gasteiger partial charge in [-0.3, -0.25) is 0 Å². The number of hydrogen-bond acceptors (Lipinski definition) is 2. The van der Waals surface area contributed by atoms with Crippen molar-refractivity contribution in [1.82, 2.24) is 5.32 Å². The summed E-state index contributed by atoms with van der Waals surface area (Å²) in [7, 11) is 0. The van der Waals surface area contributed by atoms with Crippen molar-refractivity contribution in [2.75, 3.05) is 6.61 Å². The van der Waals surface area contributed by atoms with E-state index in [1.54, 1.807) is 6.07 Å². The van der Waals surface area contributed by atoms with Gasteiger partial charge in [0.15, 0.2) is 0 Å². The minimum absolute atomic E-state index is 0.174. The van der Waals surface area contributed by atoms with Gasteiger partial charge in [0.1, 0.15) is 5.82 Å². The van der Waals surface area contributed by atoms with Gasteiger partial charge < -0.3 is 10.1 Å². The molecule has 1 saturated heterocycles. The number of halogens is 2. The second kappa shape index (κ2) is 5.80. The van der Waals surface area contributed by atoms with E-state index in [-0.39, 0.29) is 10.8 Å². The summed E-state index contributed by atoms with van der Waals surface area (Å²) in [6.45, 7) is 3.55. The van der Waals surface area contributed by atoms with Gasteiger partial charge in [-0.25, -0.2) is 4.39 Å². The van der Waals surface area contributed by atoms with Crippen LogP contribution in [0.1, 0.15) is 25.3 Å². The van der Waals surface area contributed by atoms with E-state index in [2.05, 4.69) is 12.2 Å². The van der Waals surface area contributed by atoms with Crippen molar-refractivity contribution in [1.29, 1.82) is 0 Å². The average Bonchev–Trinajstić information content (AvgIpc) is 2.31. The van der Waals surface area contributed by atoms with Crippen LogP contribution < -0.4 is 5.32 Å². The largest absolute Gasteiger partial charge is 0.378 e. The number of ether oxygens (including phenoxy) is 1. The van der Waals surface area contributed by atoms with Crippen molar-refractivity contribution in [2.45, 2.75) is 38.5 Å². The molecule has 1 aromatic rings. The molecule has 2 rings (SSSR count). The molecule has 1 fully saturated rings. The molecule has 2 atom stereocenters. The van der Waals surface area contributed by atoms with E-state index in [9.17, 15) is 4.39 Å².